The third-order valence-electron chi connectivity index (χ3n) is 3.39. The van der Waals surface area contributed by atoms with Gasteiger partial charge in [-0.15, -0.1) is 0 Å². The summed E-state index contributed by atoms with van der Waals surface area (Å²) in [4.78, 5) is 2.45. The monoisotopic (exact) mass is 199 g/mol. The lowest BCUT2D eigenvalue weighted by Crippen LogP contribution is -2.44. The van der Waals surface area contributed by atoms with E-state index in [0.29, 0.717) is 12.0 Å². The molecule has 1 aliphatic rings. The smallest absolute Gasteiger partial charge is 0.0105 e. The summed E-state index contributed by atoms with van der Waals surface area (Å²) in [5.74, 6) is 1.34. The first-order chi connectivity index (χ1) is 6.65. The molecule has 3 heteroatoms. The first-order valence-electron chi connectivity index (χ1n) is 5.83. The zero-order valence-corrected chi connectivity index (χ0v) is 9.58. The minimum absolute atomic E-state index is 0.384. The van der Waals surface area contributed by atoms with E-state index in [-0.39, 0.29) is 0 Å². The van der Waals surface area contributed by atoms with Crippen molar-refractivity contribution < 1.29 is 0 Å². The second kappa shape index (κ2) is 5.69. The fourth-order valence-corrected chi connectivity index (χ4v) is 2.29. The van der Waals surface area contributed by atoms with Crippen molar-refractivity contribution in [1.82, 2.24) is 4.90 Å². The van der Waals surface area contributed by atoms with Crippen LogP contribution < -0.4 is 11.5 Å². The molecule has 1 fully saturated rings. The van der Waals surface area contributed by atoms with Gasteiger partial charge in [-0.3, -0.25) is 0 Å². The van der Waals surface area contributed by atoms with E-state index in [4.69, 9.17) is 11.5 Å². The van der Waals surface area contributed by atoms with Crippen LogP contribution in [0.4, 0.5) is 0 Å². The van der Waals surface area contributed by atoms with Gasteiger partial charge in [-0.05, 0) is 37.8 Å². The predicted octanol–water partition coefficient (Wildman–Crippen LogP) is 0.640. The van der Waals surface area contributed by atoms with Gasteiger partial charge in [0.25, 0.3) is 0 Å². The molecule has 14 heavy (non-hydrogen) atoms. The molecule has 0 bridgehead atoms. The first kappa shape index (κ1) is 12.0. The average Bonchev–Trinajstić information content (AvgIpc) is 2.18. The van der Waals surface area contributed by atoms with Crippen LogP contribution in [0.3, 0.4) is 0 Å². The highest BCUT2D eigenvalue weighted by molar-refractivity contribution is 4.81. The van der Waals surface area contributed by atoms with Crippen LogP contribution in [0.15, 0.2) is 0 Å². The van der Waals surface area contributed by atoms with E-state index in [2.05, 4.69) is 18.7 Å². The maximum Gasteiger partial charge on any atom is 0.0105 e. The number of hydrogen-bond donors (Lipinski definition) is 2. The minimum atomic E-state index is 0.384. The Bertz CT molecular complexity index is 151. The van der Waals surface area contributed by atoms with Crippen LogP contribution in [0.2, 0.25) is 0 Å². The Kier molecular flexibility index (Phi) is 4.85. The van der Waals surface area contributed by atoms with Gasteiger partial charge in [-0.2, -0.15) is 0 Å². The number of hydrogen-bond acceptors (Lipinski definition) is 3. The SMILES string of the molecule is CC(C)C(N)C1CCN(CCN)CC1. The third kappa shape index (κ3) is 3.23. The van der Waals surface area contributed by atoms with Crippen molar-refractivity contribution in [3.63, 3.8) is 0 Å². The van der Waals surface area contributed by atoms with E-state index in [0.717, 1.165) is 19.0 Å². The van der Waals surface area contributed by atoms with Crippen molar-refractivity contribution in [3.05, 3.63) is 0 Å². The summed E-state index contributed by atoms with van der Waals surface area (Å²) < 4.78 is 0. The fraction of sp³-hybridized carbons (Fsp3) is 1.00. The van der Waals surface area contributed by atoms with Gasteiger partial charge < -0.3 is 16.4 Å². The molecule has 0 radical (unpaired) electrons. The summed E-state index contributed by atoms with van der Waals surface area (Å²) >= 11 is 0. The summed E-state index contributed by atoms with van der Waals surface area (Å²) in [7, 11) is 0. The molecule has 84 valence electrons. The van der Waals surface area contributed by atoms with E-state index >= 15 is 0 Å². The van der Waals surface area contributed by atoms with Crippen molar-refractivity contribution >= 4 is 0 Å². The molecule has 0 aromatic carbocycles. The second-order valence-electron chi connectivity index (χ2n) is 4.79. The Balaban J connectivity index is 2.28. The molecule has 1 atom stereocenters. The molecule has 1 aliphatic heterocycles. The molecule has 4 N–H and O–H groups in total. The van der Waals surface area contributed by atoms with Gasteiger partial charge in [0.2, 0.25) is 0 Å². The van der Waals surface area contributed by atoms with Crippen LogP contribution in [-0.4, -0.2) is 37.1 Å². The van der Waals surface area contributed by atoms with Gasteiger partial charge in [-0.25, -0.2) is 0 Å². The molecule has 0 saturated carbocycles. The lowest BCUT2D eigenvalue weighted by atomic mass is 9.84. The third-order valence-corrected chi connectivity index (χ3v) is 3.39. The van der Waals surface area contributed by atoms with Crippen molar-refractivity contribution in [3.8, 4) is 0 Å². The average molecular weight is 199 g/mol. The van der Waals surface area contributed by atoms with Gasteiger partial charge >= 0.3 is 0 Å². The van der Waals surface area contributed by atoms with Crippen molar-refractivity contribution in [2.45, 2.75) is 32.7 Å². The van der Waals surface area contributed by atoms with Crippen molar-refractivity contribution in [2.75, 3.05) is 26.2 Å². The van der Waals surface area contributed by atoms with Crippen LogP contribution in [-0.2, 0) is 0 Å². The van der Waals surface area contributed by atoms with E-state index < -0.39 is 0 Å². The summed E-state index contributed by atoms with van der Waals surface area (Å²) in [6.45, 7) is 8.63. The van der Waals surface area contributed by atoms with Crippen LogP contribution in [0.5, 0.6) is 0 Å². The van der Waals surface area contributed by atoms with E-state index in [1.165, 1.54) is 25.9 Å². The summed E-state index contributed by atoms with van der Waals surface area (Å²) in [5, 5.41) is 0. The molecular formula is C11H25N3. The quantitative estimate of drug-likeness (QED) is 0.698. The number of nitrogens with zero attached hydrogens (tertiary/aromatic N) is 1. The fourth-order valence-electron chi connectivity index (χ4n) is 2.29. The molecule has 0 aliphatic carbocycles. The lowest BCUT2D eigenvalue weighted by Gasteiger charge is -2.35. The highest BCUT2D eigenvalue weighted by Gasteiger charge is 2.25. The van der Waals surface area contributed by atoms with Crippen LogP contribution in [0.1, 0.15) is 26.7 Å². The molecule has 0 spiro atoms. The van der Waals surface area contributed by atoms with Crippen molar-refractivity contribution in [1.29, 1.82) is 0 Å². The first-order valence-corrected chi connectivity index (χ1v) is 5.83. The Morgan fingerprint density at radius 2 is 1.86 bits per heavy atom. The normalized spacial score (nSPS) is 22.9. The highest BCUT2D eigenvalue weighted by Crippen LogP contribution is 2.22. The molecule has 0 aromatic rings. The predicted molar refractivity (Wildman–Crippen MR) is 61.0 cm³/mol. The standard InChI is InChI=1S/C11H25N3/c1-9(2)11(13)10-3-6-14(7-4-10)8-5-12/h9-11H,3-8,12-13H2,1-2H3. The number of rotatable bonds is 4. The highest BCUT2D eigenvalue weighted by atomic mass is 15.1. The summed E-state index contributed by atoms with van der Waals surface area (Å²) in [5.41, 5.74) is 11.7. The van der Waals surface area contributed by atoms with Gasteiger partial charge in [0, 0.05) is 19.1 Å². The Morgan fingerprint density at radius 1 is 1.29 bits per heavy atom. The van der Waals surface area contributed by atoms with Crippen LogP contribution in [0.25, 0.3) is 0 Å². The van der Waals surface area contributed by atoms with E-state index in [1.54, 1.807) is 0 Å². The van der Waals surface area contributed by atoms with E-state index in [1.807, 2.05) is 0 Å². The molecule has 0 amide bonds. The topological polar surface area (TPSA) is 55.3 Å². The molecule has 1 saturated heterocycles. The van der Waals surface area contributed by atoms with Crippen LogP contribution >= 0.6 is 0 Å². The largest absolute Gasteiger partial charge is 0.329 e. The van der Waals surface area contributed by atoms with Crippen LogP contribution in [0, 0.1) is 11.8 Å². The Morgan fingerprint density at radius 3 is 2.29 bits per heavy atom. The molecule has 1 heterocycles. The van der Waals surface area contributed by atoms with Gasteiger partial charge in [0.1, 0.15) is 0 Å². The van der Waals surface area contributed by atoms with Crippen molar-refractivity contribution in [2.24, 2.45) is 23.3 Å². The molecule has 1 rings (SSSR count). The van der Waals surface area contributed by atoms with Gasteiger partial charge in [0.05, 0.1) is 0 Å². The molecule has 0 aromatic heterocycles. The summed E-state index contributed by atoms with van der Waals surface area (Å²) in [6.07, 6.45) is 2.50. The minimum Gasteiger partial charge on any atom is -0.329 e. The maximum atomic E-state index is 6.17. The van der Waals surface area contributed by atoms with Gasteiger partial charge in [0.15, 0.2) is 0 Å². The Labute approximate surface area is 87.8 Å². The molecule has 3 nitrogen and oxygen atoms in total. The molecular weight excluding hydrogens is 174 g/mol. The molecule has 1 unspecified atom stereocenters. The second-order valence-corrected chi connectivity index (χ2v) is 4.79. The lowest BCUT2D eigenvalue weighted by molar-refractivity contribution is 0.159. The maximum absolute atomic E-state index is 6.17. The number of piperidine rings is 1. The Hall–Kier alpha value is -0.120. The summed E-state index contributed by atoms with van der Waals surface area (Å²) in [6, 6.07) is 0.384. The zero-order valence-electron chi connectivity index (χ0n) is 9.58. The van der Waals surface area contributed by atoms with E-state index in [9.17, 15) is 0 Å². The van der Waals surface area contributed by atoms with Gasteiger partial charge in [-0.1, -0.05) is 13.8 Å². The zero-order chi connectivity index (χ0) is 10.6. The number of likely N-dealkylation sites (tertiary alicyclic amines) is 1. The number of nitrogens with two attached hydrogens (primary N) is 2.